The fourth-order valence-corrected chi connectivity index (χ4v) is 5.11. The summed E-state index contributed by atoms with van der Waals surface area (Å²) in [5, 5.41) is 3.52. The van der Waals surface area contributed by atoms with Crippen molar-refractivity contribution in [3.63, 3.8) is 0 Å². The third-order valence-electron chi connectivity index (χ3n) is 6.74. The Morgan fingerprint density at radius 3 is 2.37 bits per heavy atom. The van der Waals surface area contributed by atoms with Crippen molar-refractivity contribution < 1.29 is 0 Å². The molecule has 1 N–H and O–H groups in total. The zero-order chi connectivity index (χ0) is 18.3. The molecule has 150 valence electrons. The van der Waals surface area contributed by atoms with Crippen LogP contribution in [0.5, 0.6) is 0 Å². The Balaban J connectivity index is 1.53. The van der Waals surface area contributed by atoms with Crippen LogP contribution >= 0.6 is 0 Å². The van der Waals surface area contributed by atoms with E-state index in [0.717, 1.165) is 50.4 Å². The fourth-order valence-electron chi connectivity index (χ4n) is 5.11. The Labute approximate surface area is 164 Å². The first-order valence-corrected chi connectivity index (χ1v) is 11.5. The number of piperidine rings is 1. The predicted octanol–water partition coefficient (Wildman–Crippen LogP) is 4.00. The van der Waals surface area contributed by atoms with Crippen LogP contribution in [-0.4, -0.2) is 48.7 Å². The van der Waals surface area contributed by atoms with E-state index in [2.05, 4.69) is 21.2 Å². The Morgan fingerprint density at radius 2 is 1.63 bits per heavy atom. The van der Waals surface area contributed by atoms with Gasteiger partial charge in [0.2, 0.25) is 5.95 Å². The molecular formula is C22H37N5. The second-order valence-corrected chi connectivity index (χ2v) is 8.75. The molecule has 0 aromatic carbocycles. The summed E-state index contributed by atoms with van der Waals surface area (Å²) in [7, 11) is 0. The van der Waals surface area contributed by atoms with Crippen molar-refractivity contribution in [2.45, 2.75) is 76.7 Å². The van der Waals surface area contributed by atoms with Gasteiger partial charge in [0.25, 0.3) is 0 Å². The third kappa shape index (κ3) is 5.13. The van der Waals surface area contributed by atoms with Crippen molar-refractivity contribution in [3.05, 3.63) is 12.3 Å². The van der Waals surface area contributed by atoms with E-state index < -0.39 is 0 Å². The Morgan fingerprint density at radius 1 is 0.926 bits per heavy atom. The van der Waals surface area contributed by atoms with Crippen molar-refractivity contribution in [2.75, 3.05) is 42.5 Å². The number of nitrogens with zero attached hydrogens (tertiary/aromatic N) is 4. The highest BCUT2D eigenvalue weighted by atomic mass is 15.3. The minimum absolute atomic E-state index is 0.590. The quantitative estimate of drug-likeness (QED) is 0.848. The lowest BCUT2D eigenvalue weighted by atomic mass is 9.88. The minimum Gasteiger partial charge on any atom is -0.356 e. The lowest BCUT2D eigenvalue weighted by Gasteiger charge is -2.38. The first kappa shape index (κ1) is 19.0. The van der Waals surface area contributed by atoms with E-state index in [-0.39, 0.29) is 0 Å². The molecule has 1 aromatic heterocycles. The van der Waals surface area contributed by atoms with E-state index in [1.807, 2.05) is 6.20 Å². The molecule has 4 rings (SSSR count). The standard InChI is InChI=1S/C22H37N5/c1-2-7-17-26(16-6-1)21-12-15-24-22(25-21)27(20-10-13-23-14-11-20)18-19-8-4-3-5-9-19/h12,15,19-20,23H,1-11,13-14,16-18H2. The van der Waals surface area contributed by atoms with Crippen LogP contribution < -0.4 is 15.1 Å². The molecule has 5 heteroatoms. The summed E-state index contributed by atoms with van der Waals surface area (Å²) in [5.41, 5.74) is 0. The lowest BCUT2D eigenvalue weighted by Crippen LogP contribution is -2.46. The zero-order valence-electron chi connectivity index (χ0n) is 16.9. The van der Waals surface area contributed by atoms with Gasteiger partial charge < -0.3 is 15.1 Å². The van der Waals surface area contributed by atoms with Gasteiger partial charge in [-0.25, -0.2) is 4.98 Å². The molecule has 0 bridgehead atoms. The van der Waals surface area contributed by atoms with Gasteiger partial charge in [-0.3, -0.25) is 0 Å². The molecule has 3 fully saturated rings. The maximum absolute atomic E-state index is 5.10. The van der Waals surface area contributed by atoms with Crippen LogP contribution in [0.3, 0.4) is 0 Å². The molecule has 0 spiro atoms. The summed E-state index contributed by atoms with van der Waals surface area (Å²) in [6.45, 7) is 5.68. The van der Waals surface area contributed by atoms with Crippen LogP contribution in [0.25, 0.3) is 0 Å². The Hall–Kier alpha value is -1.36. The van der Waals surface area contributed by atoms with Crippen molar-refractivity contribution >= 4 is 11.8 Å². The highest BCUT2D eigenvalue weighted by Crippen LogP contribution is 2.29. The number of anilines is 2. The van der Waals surface area contributed by atoms with Crippen LogP contribution in [0.4, 0.5) is 11.8 Å². The molecule has 1 aliphatic carbocycles. The number of nitrogens with one attached hydrogen (secondary N) is 1. The summed E-state index contributed by atoms with van der Waals surface area (Å²) in [6.07, 6.45) is 16.7. The maximum Gasteiger partial charge on any atom is 0.227 e. The van der Waals surface area contributed by atoms with Gasteiger partial charge in [0.1, 0.15) is 5.82 Å². The second-order valence-electron chi connectivity index (χ2n) is 8.75. The minimum atomic E-state index is 0.590. The predicted molar refractivity (Wildman–Crippen MR) is 113 cm³/mol. The van der Waals surface area contributed by atoms with E-state index >= 15 is 0 Å². The molecular weight excluding hydrogens is 334 g/mol. The Kier molecular flexibility index (Phi) is 6.83. The molecule has 2 aliphatic heterocycles. The molecule has 2 saturated heterocycles. The van der Waals surface area contributed by atoms with E-state index in [1.165, 1.54) is 70.6 Å². The van der Waals surface area contributed by atoms with Crippen molar-refractivity contribution in [1.29, 1.82) is 0 Å². The molecule has 1 aromatic rings. The molecule has 0 amide bonds. The van der Waals surface area contributed by atoms with Crippen molar-refractivity contribution in [1.82, 2.24) is 15.3 Å². The van der Waals surface area contributed by atoms with Gasteiger partial charge >= 0.3 is 0 Å². The van der Waals surface area contributed by atoms with Gasteiger partial charge in [-0.05, 0) is 63.6 Å². The number of rotatable bonds is 5. The van der Waals surface area contributed by atoms with E-state index in [9.17, 15) is 0 Å². The second kappa shape index (κ2) is 9.72. The normalized spacial score (nSPS) is 23.2. The largest absolute Gasteiger partial charge is 0.356 e. The summed E-state index contributed by atoms with van der Waals surface area (Å²) >= 11 is 0. The topological polar surface area (TPSA) is 44.3 Å². The molecule has 0 unspecified atom stereocenters. The molecule has 3 aliphatic rings. The summed E-state index contributed by atoms with van der Waals surface area (Å²) in [5.74, 6) is 2.94. The third-order valence-corrected chi connectivity index (χ3v) is 6.74. The zero-order valence-corrected chi connectivity index (χ0v) is 16.9. The van der Waals surface area contributed by atoms with Gasteiger partial charge in [0.05, 0.1) is 0 Å². The van der Waals surface area contributed by atoms with Crippen LogP contribution in [-0.2, 0) is 0 Å². The van der Waals surface area contributed by atoms with E-state index in [1.54, 1.807) is 0 Å². The van der Waals surface area contributed by atoms with Crippen LogP contribution in [0, 0.1) is 5.92 Å². The SMILES string of the molecule is c1cc(N2CCCCCC2)nc(N(CC2CCCCC2)C2CCNCC2)n1. The van der Waals surface area contributed by atoms with Crippen molar-refractivity contribution in [2.24, 2.45) is 5.92 Å². The molecule has 27 heavy (non-hydrogen) atoms. The van der Waals surface area contributed by atoms with E-state index in [4.69, 9.17) is 9.97 Å². The number of hydrogen-bond acceptors (Lipinski definition) is 5. The molecule has 0 atom stereocenters. The van der Waals surface area contributed by atoms with Crippen LogP contribution in [0.15, 0.2) is 12.3 Å². The monoisotopic (exact) mass is 371 g/mol. The number of hydrogen-bond donors (Lipinski definition) is 1. The van der Waals surface area contributed by atoms with Crippen molar-refractivity contribution in [3.8, 4) is 0 Å². The first-order chi connectivity index (χ1) is 13.4. The summed E-state index contributed by atoms with van der Waals surface area (Å²) in [4.78, 5) is 14.9. The summed E-state index contributed by atoms with van der Waals surface area (Å²) < 4.78 is 0. The molecule has 5 nitrogen and oxygen atoms in total. The van der Waals surface area contributed by atoms with Crippen LogP contribution in [0.2, 0.25) is 0 Å². The highest BCUT2D eigenvalue weighted by molar-refractivity contribution is 5.44. The summed E-state index contributed by atoms with van der Waals surface area (Å²) in [6, 6.07) is 2.71. The maximum atomic E-state index is 5.10. The van der Waals surface area contributed by atoms with Gasteiger partial charge in [-0.1, -0.05) is 32.1 Å². The van der Waals surface area contributed by atoms with Gasteiger partial charge in [0.15, 0.2) is 0 Å². The lowest BCUT2D eigenvalue weighted by molar-refractivity contribution is 0.332. The van der Waals surface area contributed by atoms with Crippen LogP contribution in [0.1, 0.15) is 70.6 Å². The average molecular weight is 372 g/mol. The first-order valence-electron chi connectivity index (χ1n) is 11.5. The average Bonchev–Trinajstić information content (AvgIpc) is 3.03. The van der Waals surface area contributed by atoms with Gasteiger partial charge in [0, 0.05) is 31.9 Å². The smallest absolute Gasteiger partial charge is 0.227 e. The molecule has 1 saturated carbocycles. The fraction of sp³-hybridized carbons (Fsp3) is 0.818. The molecule has 0 radical (unpaired) electrons. The van der Waals surface area contributed by atoms with Gasteiger partial charge in [-0.2, -0.15) is 4.98 Å². The van der Waals surface area contributed by atoms with E-state index in [0.29, 0.717) is 6.04 Å². The highest BCUT2D eigenvalue weighted by Gasteiger charge is 2.27. The number of aromatic nitrogens is 2. The Bertz CT molecular complexity index is 558. The van der Waals surface area contributed by atoms with Gasteiger partial charge in [-0.15, -0.1) is 0 Å². The molecule has 3 heterocycles.